The topological polar surface area (TPSA) is 74.3 Å². The second kappa shape index (κ2) is 6.81. The maximum atomic E-state index is 9.48. The van der Waals surface area contributed by atoms with E-state index in [0.717, 1.165) is 13.2 Å². The Morgan fingerprint density at radius 1 is 1.44 bits per heavy atom. The van der Waals surface area contributed by atoms with Crippen molar-refractivity contribution in [2.75, 3.05) is 0 Å². The van der Waals surface area contributed by atoms with Gasteiger partial charge in [-0.2, -0.15) is 0 Å². The molecule has 0 fully saturated rings. The number of ketones is 1. The van der Waals surface area contributed by atoms with Gasteiger partial charge in [0.25, 0.3) is 0 Å². The van der Waals surface area contributed by atoms with Gasteiger partial charge < -0.3 is 14.7 Å². The number of aliphatic carboxylic acids is 1. The van der Waals surface area contributed by atoms with Crippen LogP contribution in [0.2, 0.25) is 0 Å². The van der Waals surface area contributed by atoms with Crippen LogP contribution in [-0.2, 0) is 14.4 Å². The first kappa shape index (κ1) is 10.7. The number of aldehydes is 1. The number of carbonyl (C=O) groups is 3. The number of Topliss-reactive ketones (excluding diaryl/α,β-unsaturated/α-hetero) is 1. The zero-order valence-electron chi connectivity index (χ0n) is 5.21. The van der Waals surface area contributed by atoms with Crippen molar-refractivity contribution in [1.29, 1.82) is 0 Å². The molecule has 0 aliphatic rings. The predicted molar refractivity (Wildman–Crippen MR) is 27.4 cm³/mol. The van der Waals surface area contributed by atoms with Crippen molar-refractivity contribution in [3.63, 3.8) is 0 Å². The number of rotatable bonds is 1. The van der Waals surface area contributed by atoms with Gasteiger partial charge in [0.05, 0.1) is 0 Å². The summed E-state index contributed by atoms with van der Waals surface area (Å²) < 4.78 is 0. The first-order valence-electron chi connectivity index (χ1n) is 2.18. The van der Waals surface area contributed by atoms with Crippen molar-refractivity contribution >= 4 is 18.0 Å². The van der Waals surface area contributed by atoms with Crippen LogP contribution in [-0.4, -0.2) is 18.0 Å². The van der Waals surface area contributed by atoms with Gasteiger partial charge in [-0.3, -0.25) is 4.79 Å². The quantitative estimate of drug-likeness (QED) is 0.321. The summed E-state index contributed by atoms with van der Waals surface area (Å²) in [6, 6.07) is 0. The molecule has 0 rings (SSSR count). The molecule has 0 heterocycles. The lowest BCUT2D eigenvalue weighted by atomic mass is 10.5. The van der Waals surface area contributed by atoms with Crippen LogP contribution in [0.25, 0.3) is 0 Å². The van der Waals surface area contributed by atoms with Crippen LogP contribution < -0.4 is 5.11 Å². The molecule has 0 saturated carbocycles. The van der Waals surface area contributed by atoms with E-state index in [1.54, 1.807) is 0 Å². The van der Waals surface area contributed by atoms with Gasteiger partial charge >= 0.3 is 0 Å². The van der Waals surface area contributed by atoms with Crippen molar-refractivity contribution < 1.29 is 19.5 Å². The summed E-state index contributed by atoms with van der Waals surface area (Å²) in [6.45, 7) is 2.38. The number of hydrogen-bond acceptors (Lipinski definition) is 4. The van der Waals surface area contributed by atoms with Gasteiger partial charge in [0.15, 0.2) is 5.78 Å². The van der Waals surface area contributed by atoms with Gasteiger partial charge in [-0.05, 0) is 6.92 Å². The third-order valence-corrected chi connectivity index (χ3v) is 0.287. The molecular weight excluding hydrogens is 124 g/mol. The summed E-state index contributed by atoms with van der Waals surface area (Å²) in [5.74, 6) is -2.56. The van der Waals surface area contributed by atoms with Gasteiger partial charge in [0, 0.05) is 6.92 Å². The average molecular weight is 131 g/mol. The Labute approximate surface area is 52.5 Å². The highest BCUT2D eigenvalue weighted by atomic mass is 16.4. The third kappa shape index (κ3) is 20.0. The summed E-state index contributed by atoms with van der Waals surface area (Å²) in [5.41, 5.74) is 0. The largest absolute Gasteiger partial charge is 0.542 e. The molecule has 0 aliphatic heterocycles. The van der Waals surface area contributed by atoms with Crippen LogP contribution in [0.4, 0.5) is 0 Å². The van der Waals surface area contributed by atoms with Crippen molar-refractivity contribution in [3.05, 3.63) is 0 Å². The summed E-state index contributed by atoms with van der Waals surface area (Å²) in [5, 5.41) is 9.24. The highest BCUT2D eigenvalue weighted by Crippen LogP contribution is 1.56. The highest BCUT2D eigenvalue weighted by molar-refractivity contribution is 6.30. The van der Waals surface area contributed by atoms with Crippen molar-refractivity contribution in [1.82, 2.24) is 0 Å². The molecule has 0 aliphatic carbocycles. The summed E-state index contributed by atoms with van der Waals surface area (Å²) >= 11 is 0. The van der Waals surface area contributed by atoms with Crippen LogP contribution in [0, 0.1) is 0 Å². The molecule has 4 heteroatoms. The number of carbonyl (C=O) groups excluding carboxylic acids is 3. The molecule has 0 atom stereocenters. The van der Waals surface area contributed by atoms with Gasteiger partial charge in [-0.1, -0.05) is 0 Å². The molecule has 52 valence electrons. The fourth-order valence-electron chi connectivity index (χ4n) is 0. The Bertz CT molecular complexity index is 104. The van der Waals surface area contributed by atoms with E-state index in [-0.39, 0.29) is 0 Å². The zero-order chi connectivity index (χ0) is 7.86. The van der Waals surface area contributed by atoms with Crippen LogP contribution in [0.3, 0.4) is 0 Å². The Balaban J connectivity index is 0. The lowest BCUT2D eigenvalue weighted by Crippen LogP contribution is -2.29. The molecule has 0 bridgehead atoms. The molecule has 4 nitrogen and oxygen atoms in total. The molecule has 0 saturated heterocycles. The van der Waals surface area contributed by atoms with Crippen LogP contribution in [0.1, 0.15) is 13.8 Å². The molecule has 0 unspecified atom stereocenters. The van der Waals surface area contributed by atoms with Crippen molar-refractivity contribution in [2.45, 2.75) is 13.8 Å². The van der Waals surface area contributed by atoms with Gasteiger partial charge in [-0.25, -0.2) is 0 Å². The fraction of sp³-hybridized carbons (Fsp3) is 0.400. The van der Waals surface area contributed by atoms with E-state index >= 15 is 0 Å². The average Bonchev–Trinajstić information content (AvgIpc) is 1.68. The SMILES string of the molecule is CC(=O)C(=O)[O-].CC=O. The Morgan fingerprint density at radius 2 is 1.56 bits per heavy atom. The maximum absolute atomic E-state index is 9.48. The van der Waals surface area contributed by atoms with E-state index in [1.165, 1.54) is 6.92 Å². The molecule has 0 spiro atoms. The van der Waals surface area contributed by atoms with E-state index in [1.807, 2.05) is 0 Å². The standard InChI is InChI=1S/C3H4O3.C2H4O/c1-2(4)3(5)6;1-2-3/h1H3,(H,5,6);2H,1H3/p-1. The van der Waals surface area contributed by atoms with E-state index in [9.17, 15) is 14.7 Å². The van der Waals surface area contributed by atoms with Gasteiger partial charge in [0.2, 0.25) is 0 Å². The lowest BCUT2D eigenvalue weighted by molar-refractivity contribution is -0.299. The minimum atomic E-state index is -1.63. The summed E-state index contributed by atoms with van der Waals surface area (Å²) in [7, 11) is 0. The molecule has 0 aromatic heterocycles. The number of carboxylic acid groups (broad SMARTS) is 1. The number of hydrogen-bond donors (Lipinski definition) is 0. The van der Waals surface area contributed by atoms with Crippen LogP contribution in [0.15, 0.2) is 0 Å². The van der Waals surface area contributed by atoms with Crippen molar-refractivity contribution in [2.24, 2.45) is 0 Å². The van der Waals surface area contributed by atoms with E-state index in [4.69, 9.17) is 4.79 Å². The normalized spacial score (nSPS) is 6.44. The fourth-order valence-corrected chi connectivity index (χ4v) is 0. The monoisotopic (exact) mass is 131 g/mol. The lowest BCUT2D eigenvalue weighted by Gasteiger charge is -1.87. The van der Waals surface area contributed by atoms with Crippen LogP contribution >= 0.6 is 0 Å². The Kier molecular flexibility index (Phi) is 8.12. The highest BCUT2D eigenvalue weighted by Gasteiger charge is 1.85. The molecule has 0 aromatic carbocycles. The predicted octanol–water partition coefficient (Wildman–Crippen LogP) is -1.47. The third-order valence-electron chi connectivity index (χ3n) is 0.287. The Hall–Kier alpha value is -1.19. The van der Waals surface area contributed by atoms with Gasteiger partial charge in [0.1, 0.15) is 12.3 Å². The number of carboxylic acids is 1. The first-order valence-corrected chi connectivity index (χ1v) is 2.18. The van der Waals surface area contributed by atoms with Crippen LogP contribution in [0.5, 0.6) is 0 Å². The molecule has 0 N–H and O–H groups in total. The minimum Gasteiger partial charge on any atom is -0.542 e. The maximum Gasteiger partial charge on any atom is 0.175 e. The first-order chi connectivity index (χ1) is 4.06. The van der Waals surface area contributed by atoms with Gasteiger partial charge in [-0.15, -0.1) is 0 Å². The second-order valence-electron chi connectivity index (χ2n) is 1.08. The smallest absolute Gasteiger partial charge is 0.175 e. The van der Waals surface area contributed by atoms with Crippen molar-refractivity contribution in [3.8, 4) is 0 Å². The molecule has 0 aromatic rings. The van der Waals surface area contributed by atoms with E-state index < -0.39 is 11.8 Å². The van der Waals surface area contributed by atoms with E-state index in [0.29, 0.717) is 0 Å². The Morgan fingerprint density at radius 3 is 1.56 bits per heavy atom. The summed E-state index contributed by atoms with van der Waals surface area (Å²) in [4.78, 5) is 27.5. The minimum absolute atomic E-state index is 0.750. The molecular formula is C5H7O4-. The molecule has 9 heavy (non-hydrogen) atoms. The molecule has 0 radical (unpaired) electrons. The zero-order valence-corrected chi connectivity index (χ0v) is 5.21. The summed E-state index contributed by atoms with van der Waals surface area (Å²) in [6.07, 6.45) is 0.750. The van der Waals surface area contributed by atoms with E-state index in [2.05, 4.69) is 0 Å². The second-order valence-corrected chi connectivity index (χ2v) is 1.08. The molecule has 0 amide bonds.